The Labute approximate surface area is 192 Å². The lowest BCUT2D eigenvalue weighted by Crippen LogP contribution is -2.26. The number of benzene rings is 2. The normalized spacial score (nSPS) is 15.3. The first-order valence-electron chi connectivity index (χ1n) is 11.0. The molecule has 8 nitrogen and oxygen atoms in total. The van der Waals surface area contributed by atoms with Crippen LogP contribution in [0.1, 0.15) is 50.1 Å². The van der Waals surface area contributed by atoms with Crippen LogP contribution in [0, 0.1) is 0 Å². The van der Waals surface area contributed by atoms with Gasteiger partial charge in [-0.3, -0.25) is 14.4 Å². The van der Waals surface area contributed by atoms with Gasteiger partial charge in [0, 0.05) is 12.1 Å². The van der Waals surface area contributed by atoms with E-state index >= 15 is 0 Å². The third-order valence-electron chi connectivity index (χ3n) is 5.31. The summed E-state index contributed by atoms with van der Waals surface area (Å²) in [5.74, 6) is -1.70. The van der Waals surface area contributed by atoms with Crippen LogP contribution in [0.15, 0.2) is 65.9 Å². The molecule has 0 spiro atoms. The van der Waals surface area contributed by atoms with Gasteiger partial charge in [0.05, 0.1) is 6.61 Å². The number of hydrogen-bond donors (Lipinski definition) is 4. The second kappa shape index (κ2) is 11.7. The minimum Gasteiger partial charge on any atom is -0.509 e. The number of aliphatic carboxylic acids is 1. The lowest BCUT2D eigenvalue weighted by molar-refractivity contribution is -0.137. The quantitative estimate of drug-likeness (QED) is 0.284. The third kappa shape index (κ3) is 6.83. The molecule has 0 fully saturated rings. The summed E-state index contributed by atoms with van der Waals surface area (Å²) in [4.78, 5) is 35.3. The van der Waals surface area contributed by atoms with Crippen LogP contribution in [0.2, 0.25) is 0 Å². The van der Waals surface area contributed by atoms with Crippen molar-refractivity contribution in [3.63, 3.8) is 0 Å². The van der Waals surface area contributed by atoms with E-state index < -0.39 is 23.8 Å². The number of amides is 2. The number of rotatable bonds is 12. The Morgan fingerprint density at radius 2 is 1.61 bits per heavy atom. The second-order valence-electron chi connectivity index (χ2n) is 7.82. The average molecular weight is 453 g/mol. The molecule has 4 N–H and O–H groups in total. The van der Waals surface area contributed by atoms with Crippen molar-refractivity contribution in [3.8, 4) is 5.75 Å². The Bertz CT molecular complexity index is 1000. The predicted octanol–water partition coefficient (Wildman–Crippen LogP) is 4.11. The van der Waals surface area contributed by atoms with E-state index in [1.807, 2.05) is 6.07 Å². The maximum atomic E-state index is 12.6. The van der Waals surface area contributed by atoms with Crippen molar-refractivity contribution in [2.75, 3.05) is 11.9 Å². The molecule has 0 aliphatic carbocycles. The van der Waals surface area contributed by atoms with Crippen LogP contribution in [0.4, 0.5) is 5.69 Å². The lowest BCUT2D eigenvalue weighted by Gasteiger charge is -2.10. The number of carboxylic acid groups (broad SMARTS) is 1. The monoisotopic (exact) mass is 452 g/mol. The van der Waals surface area contributed by atoms with Crippen molar-refractivity contribution in [3.05, 3.63) is 71.5 Å². The summed E-state index contributed by atoms with van der Waals surface area (Å²) < 4.78 is 5.69. The van der Waals surface area contributed by atoms with Gasteiger partial charge >= 0.3 is 5.97 Å². The molecule has 0 bridgehead atoms. The fourth-order valence-electron chi connectivity index (χ4n) is 3.57. The highest BCUT2D eigenvalue weighted by atomic mass is 16.5. The van der Waals surface area contributed by atoms with Crippen LogP contribution >= 0.6 is 0 Å². The zero-order chi connectivity index (χ0) is 23.6. The minimum atomic E-state index is -0.755. The zero-order valence-corrected chi connectivity index (χ0v) is 18.3. The van der Waals surface area contributed by atoms with Crippen molar-refractivity contribution in [2.45, 2.75) is 44.6 Å². The van der Waals surface area contributed by atoms with Crippen molar-refractivity contribution < 1.29 is 29.3 Å². The van der Waals surface area contributed by atoms with Crippen LogP contribution in [0.3, 0.4) is 0 Å². The van der Waals surface area contributed by atoms with Gasteiger partial charge in [0.2, 0.25) is 0 Å². The molecule has 2 aromatic rings. The Morgan fingerprint density at radius 1 is 0.939 bits per heavy atom. The minimum absolute atomic E-state index is 0.217. The number of anilines is 1. The summed E-state index contributed by atoms with van der Waals surface area (Å²) in [5, 5.41) is 24.3. The van der Waals surface area contributed by atoms with Gasteiger partial charge in [0.25, 0.3) is 11.8 Å². The van der Waals surface area contributed by atoms with Crippen LogP contribution in [-0.4, -0.2) is 34.6 Å². The molecule has 1 unspecified atom stereocenters. The van der Waals surface area contributed by atoms with Crippen molar-refractivity contribution in [1.29, 1.82) is 0 Å². The number of aliphatic hydroxyl groups is 1. The number of nitrogens with one attached hydrogen (secondary N) is 2. The van der Waals surface area contributed by atoms with E-state index in [0.717, 1.165) is 25.7 Å². The van der Waals surface area contributed by atoms with E-state index in [4.69, 9.17) is 9.84 Å². The van der Waals surface area contributed by atoms with Gasteiger partial charge in [-0.25, -0.2) is 0 Å². The van der Waals surface area contributed by atoms with Crippen LogP contribution in [0.25, 0.3) is 0 Å². The highest BCUT2D eigenvalue weighted by Gasteiger charge is 2.36. The lowest BCUT2D eigenvalue weighted by atomic mass is 10.1. The summed E-state index contributed by atoms with van der Waals surface area (Å²) in [6, 6.07) is 15.0. The first kappa shape index (κ1) is 23.8. The number of carbonyl (C=O) groups excluding carboxylic acids is 2. The number of carboxylic acids is 1. The number of ether oxygens (including phenoxy) is 1. The standard InChI is InChI=1S/C25H28N2O6/c28-20(29)11-7-2-1-3-8-16-33-19-14-12-18(13-15-19)26-24(31)21-23(30)22(27-25(21)32)17-9-5-4-6-10-17/h4-6,9-10,12-15,22,30H,1-3,7-8,11,16H2,(H,26,31)(H,27,32)(H,28,29). The molecule has 1 aliphatic heterocycles. The van der Waals surface area contributed by atoms with E-state index in [1.54, 1.807) is 48.5 Å². The first-order valence-corrected chi connectivity index (χ1v) is 11.0. The van der Waals surface area contributed by atoms with Gasteiger partial charge in [-0.1, -0.05) is 49.6 Å². The molecule has 0 aromatic heterocycles. The van der Waals surface area contributed by atoms with Gasteiger partial charge in [-0.15, -0.1) is 0 Å². The summed E-state index contributed by atoms with van der Waals surface area (Å²) in [7, 11) is 0. The summed E-state index contributed by atoms with van der Waals surface area (Å²) in [5.41, 5.74) is 0.863. The average Bonchev–Trinajstić information content (AvgIpc) is 3.11. The molecule has 0 radical (unpaired) electrons. The number of carbonyl (C=O) groups is 3. The summed E-state index contributed by atoms with van der Waals surface area (Å²) >= 11 is 0. The fraction of sp³-hybridized carbons (Fsp3) is 0.320. The van der Waals surface area contributed by atoms with Crippen molar-refractivity contribution >= 4 is 23.5 Å². The van der Waals surface area contributed by atoms with E-state index in [9.17, 15) is 19.5 Å². The van der Waals surface area contributed by atoms with E-state index in [0.29, 0.717) is 30.0 Å². The number of hydrogen-bond acceptors (Lipinski definition) is 5. The molecule has 1 aliphatic rings. The Morgan fingerprint density at radius 3 is 2.30 bits per heavy atom. The molecule has 3 rings (SSSR count). The van der Waals surface area contributed by atoms with Crippen molar-refractivity contribution in [1.82, 2.24) is 5.32 Å². The molecular weight excluding hydrogens is 424 g/mol. The molecule has 174 valence electrons. The molecule has 2 aromatic carbocycles. The van der Waals surface area contributed by atoms with Gasteiger partial charge in [-0.2, -0.15) is 0 Å². The number of unbranched alkanes of at least 4 members (excludes halogenated alkanes) is 4. The van der Waals surface area contributed by atoms with Gasteiger partial charge < -0.3 is 25.6 Å². The third-order valence-corrected chi connectivity index (χ3v) is 5.31. The topological polar surface area (TPSA) is 125 Å². The predicted molar refractivity (Wildman–Crippen MR) is 123 cm³/mol. The highest BCUT2D eigenvalue weighted by Crippen LogP contribution is 2.29. The number of aliphatic hydroxyl groups excluding tert-OH is 1. The van der Waals surface area contributed by atoms with Crippen LogP contribution in [-0.2, 0) is 14.4 Å². The highest BCUT2D eigenvalue weighted by molar-refractivity contribution is 6.24. The molecule has 2 amide bonds. The smallest absolute Gasteiger partial charge is 0.303 e. The Balaban J connectivity index is 1.46. The molecule has 33 heavy (non-hydrogen) atoms. The Hall–Kier alpha value is -3.81. The fourth-order valence-corrected chi connectivity index (χ4v) is 3.57. The molecule has 0 saturated carbocycles. The van der Waals surface area contributed by atoms with Crippen LogP contribution in [0.5, 0.6) is 5.75 Å². The molecule has 1 heterocycles. The maximum absolute atomic E-state index is 12.6. The summed E-state index contributed by atoms with van der Waals surface area (Å²) in [6.45, 7) is 0.548. The van der Waals surface area contributed by atoms with E-state index in [2.05, 4.69) is 10.6 Å². The summed E-state index contributed by atoms with van der Waals surface area (Å²) in [6.07, 6.45) is 4.64. The Kier molecular flexibility index (Phi) is 8.46. The van der Waals surface area contributed by atoms with Crippen molar-refractivity contribution in [2.24, 2.45) is 0 Å². The molecule has 1 atom stereocenters. The SMILES string of the molecule is O=C(O)CCCCCCCOc1ccc(NC(=O)C2=C(O)C(c3ccccc3)NC2=O)cc1. The molecule has 8 heteroatoms. The first-order chi connectivity index (χ1) is 16.0. The van der Waals surface area contributed by atoms with E-state index in [-0.39, 0.29) is 17.8 Å². The second-order valence-corrected chi connectivity index (χ2v) is 7.82. The molecular formula is C25H28N2O6. The molecule has 0 saturated heterocycles. The van der Waals surface area contributed by atoms with Crippen LogP contribution < -0.4 is 15.4 Å². The maximum Gasteiger partial charge on any atom is 0.303 e. The van der Waals surface area contributed by atoms with Gasteiger partial charge in [0.1, 0.15) is 23.1 Å². The van der Waals surface area contributed by atoms with Gasteiger partial charge in [0.15, 0.2) is 0 Å². The van der Waals surface area contributed by atoms with E-state index in [1.165, 1.54) is 0 Å². The van der Waals surface area contributed by atoms with Gasteiger partial charge in [-0.05, 0) is 42.7 Å². The largest absolute Gasteiger partial charge is 0.509 e. The zero-order valence-electron chi connectivity index (χ0n) is 18.3.